The number of rotatable bonds is 9. The molecule has 26 heavy (non-hydrogen) atoms. The van der Waals surface area contributed by atoms with E-state index in [1.807, 2.05) is 6.07 Å². The van der Waals surface area contributed by atoms with Gasteiger partial charge in [-0.3, -0.25) is 4.79 Å². The van der Waals surface area contributed by atoms with Gasteiger partial charge < -0.3 is 24.7 Å². The maximum Gasteiger partial charge on any atom is 0.287 e. The Bertz CT molecular complexity index is 729. The molecule has 1 amide bonds. The molecule has 2 aromatic rings. The van der Waals surface area contributed by atoms with E-state index in [0.29, 0.717) is 38.0 Å². The Morgan fingerprint density at radius 2 is 2.12 bits per heavy atom. The molecule has 0 saturated heterocycles. The van der Waals surface area contributed by atoms with Gasteiger partial charge in [0.15, 0.2) is 5.76 Å². The van der Waals surface area contributed by atoms with Crippen LogP contribution in [0.4, 0.5) is 5.69 Å². The number of fused-ring (bicyclic) bond motifs is 1. The van der Waals surface area contributed by atoms with E-state index in [0.717, 1.165) is 18.5 Å². The average Bonchev–Trinajstić information content (AvgIpc) is 3.23. The van der Waals surface area contributed by atoms with E-state index in [2.05, 4.69) is 46.7 Å². The number of hydrogen-bond donors (Lipinski definition) is 2. The zero-order valence-corrected chi connectivity index (χ0v) is 15.5. The van der Waals surface area contributed by atoms with Crippen molar-refractivity contribution in [2.75, 3.05) is 38.3 Å². The summed E-state index contributed by atoms with van der Waals surface area (Å²) < 4.78 is 10.4. The Hall–Kier alpha value is -2.31. The summed E-state index contributed by atoms with van der Waals surface area (Å²) in [6.07, 6.45) is 2.62. The van der Waals surface area contributed by atoms with Gasteiger partial charge in [0.25, 0.3) is 5.91 Å². The van der Waals surface area contributed by atoms with E-state index in [9.17, 15) is 4.79 Å². The Kier molecular flexibility index (Phi) is 6.30. The number of anilines is 1. The van der Waals surface area contributed by atoms with Crippen LogP contribution in [-0.2, 0) is 17.7 Å². The minimum atomic E-state index is -0.168. The molecule has 0 spiro atoms. The van der Waals surface area contributed by atoms with Crippen LogP contribution in [-0.4, -0.2) is 45.3 Å². The summed E-state index contributed by atoms with van der Waals surface area (Å²) in [5.41, 5.74) is 3.52. The Balaban J connectivity index is 1.58. The summed E-state index contributed by atoms with van der Waals surface area (Å²) in [6.45, 7) is 5.55. The molecule has 1 atom stereocenters. The van der Waals surface area contributed by atoms with E-state index >= 15 is 0 Å². The molecule has 6 heteroatoms. The van der Waals surface area contributed by atoms with Gasteiger partial charge in [0, 0.05) is 50.6 Å². The van der Waals surface area contributed by atoms with Gasteiger partial charge in [0.2, 0.25) is 0 Å². The van der Waals surface area contributed by atoms with Crippen LogP contribution in [0.1, 0.15) is 28.6 Å². The molecule has 1 unspecified atom stereocenters. The molecular weight excluding hydrogens is 330 g/mol. The molecule has 0 bridgehead atoms. The molecule has 1 aromatic heterocycles. The van der Waals surface area contributed by atoms with Gasteiger partial charge in [-0.2, -0.15) is 0 Å². The number of para-hydroxylation sites is 1. The molecule has 0 radical (unpaired) electrons. The van der Waals surface area contributed by atoms with Crippen molar-refractivity contribution < 1.29 is 13.9 Å². The highest BCUT2D eigenvalue weighted by atomic mass is 16.5. The molecule has 6 nitrogen and oxygen atoms in total. The highest BCUT2D eigenvalue weighted by molar-refractivity contribution is 5.93. The first kappa shape index (κ1) is 18.5. The lowest BCUT2D eigenvalue weighted by Crippen LogP contribution is -2.34. The maximum atomic E-state index is 12.4. The van der Waals surface area contributed by atoms with Gasteiger partial charge in [-0.15, -0.1) is 0 Å². The molecule has 1 aliphatic rings. The molecule has 0 aliphatic carbocycles. The number of carbonyl (C=O) groups excluding carboxylic acids is 1. The van der Waals surface area contributed by atoms with E-state index in [1.54, 1.807) is 13.4 Å². The van der Waals surface area contributed by atoms with Crippen LogP contribution in [0.5, 0.6) is 0 Å². The van der Waals surface area contributed by atoms with Crippen molar-refractivity contribution in [1.29, 1.82) is 0 Å². The second-order valence-electron chi connectivity index (χ2n) is 6.58. The van der Waals surface area contributed by atoms with Crippen LogP contribution < -0.4 is 15.5 Å². The molecular formula is C20H27N3O3. The minimum Gasteiger partial charge on any atom is -0.459 e. The third-order valence-corrected chi connectivity index (χ3v) is 4.71. The van der Waals surface area contributed by atoms with Crippen LogP contribution >= 0.6 is 0 Å². The predicted octanol–water partition coefficient (Wildman–Crippen LogP) is 2.20. The smallest absolute Gasteiger partial charge is 0.287 e. The number of methoxy groups -OCH3 is 1. The summed E-state index contributed by atoms with van der Waals surface area (Å²) in [7, 11) is 1.67. The Morgan fingerprint density at radius 1 is 1.27 bits per heavy atom. The van der Waals surface area contributed by atoms with Gasteiger partial charge in [-0.25, -0.2) is 0 Å². The topological polar surface area (TPSA) is 66.7 Å². The molecule has 1 aliphatic heterocycles. The number of hydrogen-bond acceptors (Lipinski definition) is 5. The zero-order chi connectivity index (χ0) is 18.4. The highest BCUT2D eigenvalue weighted by Crippen LogP contribution is 2.33. The van der Waals surface area contributed by atoms with Gasteiger partial charge in [0.05, 0.1) is 12.9 Å². The number of amides is 1. The van der Waals surface area contributed by atoms with E-state index in [1.165, 1.54) is 11.3 Å². The number of nitrogens with zero attached hydrogens (tertiary/aromatic N) is 1. The second-order valence-corrected chi connectivity index (χ2v) is 6.58. The normalized spacial score (nSPS) is 15.9. The standard InChI is InChI=1S/C20H27N3O3/c1-15-13-16-5-3-4-6-18(16)23(15)14-17-7-11-26-19(17)20(24)22-9-8-21-10-12-25-2/h3-7,11,15,21H,8-10,12-14H2,1-2H3,(H,22,24). The minimum absolute atomic E-state index is 0.168. The molecule has 2 heterocycles. The van der Waals surface area contributed by atoms with Crippen LogP contribution in [0.3, 0.4) is 0 Å². The number of carbonyl (C=O) groups is 1. The quantitative estimate of drug-likeness (QED) is 0.674. The first-order chi connectivity index (χ1) is 12.7. The lowest BCUT2D eigenvalue weighted by molar-refractivity contribution is 0.0924. The fraction of sp³-hybridized carbons (Fsp3) is 0.450. The fourth-order valence-electron chi connectivity index (χ4n) is 3.36. The fourth-order valence-corrected chi connectivity index (χ4v) is 3.36. The molecule has 1 aromatic carbocycles. The SMILES string of the molecule is COCCNCCNC(=O)c1occc1CN1c2ccccc2CC1C. The zero-order valence-electron chi connectivity index (χ0n) is 15.5. The molecule has 0 saturated carbocycles. The molecule has 140 valence electrons. The number of ether oxygens (including phenoxy) is 1. The Labute approximate surface area is 154 Å². The summed E-state index contributed by atoms with van der Waals surface area (Å²) in [6, 6.07) is 10.7. The molecule has 2 N–H and O–H groups in total. The second kappa shape index (κ2) is 8.87. The monoisotopic (exact) mass is 357 g/mol. The lowest BCUT2D eigenvalue weighted by atomic mass is 10.1. The third-order valence-electron chi connectivity index (χ3n) is 4.71. The van der Waals surface area contributed by atoms with E-state index in [4.69, 9.17) is 9.15 Å². The van der Waals surface area contributed by atoms with Gasteiger partial charge >= 0.3 is 0 Å². The molecule has 0 fully saturated rings. The van der Waals surface area contributed by atoms with Gasteiger partial charge in [-0.05, 0) is 31.0 Å². The lowest BCUT2D eigenvalue weighted by Gasteiger charge is -2.24. The van der Waals surface area contributed by atoms with Crippen molar-refractivity contribution in [3.05, 3.63) is 53.5 Å². The summed E-state index contributed by atoms with van der Waals surface area (Å²) in [4.78, 5) is 14.8. The van der Waals surface area contributed by atoms with Crippen LogP contribution in [0.2, 0.25) is 0 Å². The van der Waals surface area contributed by atoms with Crippen molar-refractivity contribution in [2.24, 2.45) is 0 Å². The number of furan rings is 1. The summed E-state index contributed by atoms with van der Waals surface area (Å²) in [5, 5.41) is 6.10. The highest BCUT2D eigenvalue weighted by Gasteiger charge is 2.27. The average molecular weight is 357 g/mol. The summed E-state index contributed by atoms with van der Waals surface area (Å²) >= 11 is 0. The van der Waals surface area contributed by atoms with Crippen LogP contribution in [0.15, 0.2) is 41.0 Å². The van der Waals surface area contributed by atoms with Crippen molar-refractivity contribution in [2.45, 2.75) is 25.9 Å². The first-order valence-electron chi connectivity index (χ1n) is 9.09. The Morgan fingerprint density at radius 3 is 2.96 bits per heavy atom. The van der Waals surface area contributed by atoms with Crippen LogP contribution in [0, 0.1) is 0 Å². The summed E-state index contributed by atoms with van der Waals surface area (Å²) in [5.74, 6) is 0.233. The largest absolute Gasteiger partial charge is 0.459 e. The van der Waals surface area contributed by atoms with Crippen molar-refractivity contribution in [3.8, 4) is 0 Å². The van der Waals surface area contributed by atoms with Crippen molar-refractivity contribution in [3.63, 3.8) is 0 Å². The van der Waals surface area contributed by atoms with Crippen molar-refractivity contribution >= 4 is 11.6 Å². The van der Waals surface area contributed by atoms with Gasteiger partial charge in [0.1, 0.15) is 0 Å². The van der Waals surface area contributed by atoms with Crippen LogP contribution in [0.25, 0.3) is 0 Å². The van der Waals surface area contributed by atoms with Gasteiger partial charge in [-0.1, -0.05) is 18.2 Å². The first-order valence-corrected chi connectivity index (χ1v) is 9.09. The predicted molar refractivity (Wildman–Crippen MR) is 102 cm³/mol. The number of benzene rings is 1. The molecule has 3 rings (SSSR count). The number of nitrogens with one attached hydrogen (secondary N) is 2. The van der Waals surface area contributed by atoms with E-state index in [-0.39, 0.29) is 5.91 Å². The third kappa shape index (κ3) is 4.26. The maximum absolute atomic E-state index is 12.4. The van der Waals surface area contributed by atoms with Crippen molar-refractivity contribution in [1.82, 2.24) is 10.6 Å². The van der Waals surface area contributed by atoms with E-state index < -0.39 is 0 Å².